The summed E-state index contributed by atoms with van der Waals surface area (Å²) < 4.78 is 13.5. The van der Waals surface area contributed by atoms with E-state index in [9.17, 15) is 9.18 Å². The van der Waals surface area contributed by atoms with Crippen LogP contribution in [0.15, 0.2) is 84.0 Å². The van der Waals surface area contributed by atoms with Crippen molar-refractivity contribution in [2.24, 2.45) is 5.16 Å². The minimum atomic E-state index is -0.400. The van der Waals surface area contributed by atoms with Crippen LogP contribution in [0.2, 0.25) is 0 Å². The van der Waals surface area contributed by atoms with Gasteiger partial charge in [0.15, 0.2) is 6.10 Å². The largest absolute Gasteiger partial charge is 0.390 e. The van der Waals surface area contributed by atoms with E-state index >= 15 is 0 Å². The van der Waals surface area contributed by atoms with Crippen LogP contribution in [0.4, 0.5) is 14.9 Å². The van der Waals surface area contributed by atoms with Gasteiger partial charge in [-0.05, 0) is 36.2 Å². The Hall–Kier alpha value is -3.67. The molecule has 6 heteroatoms. The summed E-state index contributed by atoms with van der Waals surface area (Å²) in [4.78, 5) is 20.3. The molecule has 0 aromatic heterocycles. The second-order valence-electron chi connectivity index (χ2n) is 7.64. The molecule has 1 aliphatic rings. The second kappa shape index (κ2) is 9.43. The van der Waals surface area contributed by atoms with Crippen molar-refractivity contribution >= 4 is 17.4 Å². The van der Waals surface area contributed by atoms with Gasteiger partial charge in [-0.2, -0.15) is 0 Å². The van der Waals surface area contributed by atoms with E-state index < -0.39 is 5.82 Å². The number of benzene rings is 3. The van der Waals surface area contributed by atoms with Gasteiger partial charge in [-0.1, -0.05) is 71.4 Å². The molecule has 0 radical (unpaired) electrons. The maximum Gasteiger partial charge on any atom is 0.322 e. The molecule has 4 rings (SSSR count). The minimum absolute atomic E-state index is 0.252. The van der Waals surface area contributed by atoms with Crippen LogP contribution in [-0.2, 0) is 11.4 Å². The van der Waals surface area contributed by atoms with Gasteiger partial charge in [0.1, 0.15) is 5.82 Å². The minimum Gasteiger partial charge on any atom is -0.390 e. The lowest BCUT2D eigenvalue weighted by molar-refractivity contribution is 0.0608. The standard InChI is InChI=1S/C25H24FN3O2/c1-18-10-12-20(13-11-18)24-15-23(31-28-24)17-29(16-19-6-3-2-4-7-19)25(30)27-22-9-5-8-21(26)14-22/h2-14,23H,15-17H2,1H3,(H,27,30). The number of rotatable bonds is 6. The molecule has 1 heterocycles. The first-order chi connectivity index (χ1) is 15.1. The third-order valence-corrected chi connectivity index (χ3v) is 5.12. The monoisotopic (exact) mass is 417 g/mol. The molecule has 0 spiro atoms. The number of anilines is 1. The number of halogens is 1. The SMILES string of the molecule is Cc1ccc(C2=NOC(CN(Cc3ccccc3)C(=O)Nc3cccc(F)c3)C2)cc1. The topological polar surface area (TPSA) is 53.9 Å². The van der Waals surface area contributed by atoms with Crippen LogP contribution < -0.4 is 5.32 Å². The average Bonchev–Trinajstić information content (AvgIpc) is 3.23. The second-order valence-corrected chi connectivity index (χ2v) is 7.64. The molecule has 0 bridgehead atoms. The molecule has 0 saturated heterocycles. The predicted molar refractivity (Wildman–Crippen MR) is 119 cm³/mol. The predicted octanol–water partition coefficient (Wildman–Crippen LogP) is 5.36. The Bertz CT molecular complexity index is 1070. The number of amides is 2. The lowest BCUT2D eigenvalue weighted by atomic mass is 10.0. The lowest BCUT2D eigenvalue weighted by Crippen LogP contribution is -2.40. The first-order valence-electron chi connectivity index (χ1n) is 10.2. The summed E-state index contributed by atoms with van der Waals surface area (Å²) in [5.74, 6) is -0.400. The molecular formula is C25H24FN3O2. The van der Waals surface area contributed by atoms with Crippen LogP contribution in [0, 0.1) is 12.7 Å². The maximum atomic E-state index is 13.5. The number of nitrogens with one attached hydrogen (secondary N) is 1. The first-order valence-corrected chi connectivity index (χ1v) is 10.2. The number of carbonyl (C=O) groups excluding carboxylic acids is 1. The Balaban J connectivity index is 1.45. The molecule has 5 nitrogen and oxygen atoms in total. The van der Waals surface area contributed by atoms with Crippen LogP contribution in [0.1, 0.15) is 23.1 Å². The fraction of sp³-hybridized carbons (Fsp3) is 0.200. The molecule has 3 aromatic rings. The summed E-state index contributed by atoms with van der Waals surface area (Å²) >= 11 is 0. The molecule has 3 aromatic carbocycles. The quantitative estimate of drug-likeness (QED) is 0.587. The van der Waals surface area contributed by atoms with Crippen molar-refractivity contribution < 1.29 is 14.0 Å². The van der Waals surface area contributed by atoms with Gasteiger partial charge in [-0.25, -0.2) is 9.18 Å². The third-order valence-electron chi connectivity index (χ3n) is 5.12. The van der Waals surface area contributed by atoms with Crippen molar-refractivity contribution in [1.29, 1.82) is 0 Å². The average molecular weight is 417 g/mol. The molecule has 31 heavy (non-hydrogen) atoms. The molecule has 1 unspecified atom stereocenters. The Morgan fingerprint density at radius 1 is 1.10 bits per heavy atom. The first kappa shape index (κ1) is 20.6. The zero-order chi connectivity index (χ0) is 21.6. The fourth-order valence-corrected chi connectivity index (χ4v) is 3.48. The number of nitrogens with zero attached hydrogens (tertiary/aromatic N) is 2. The van der Waals surface area contributed by atoms with Gasteiger partial charge in [-0.15, -0.1) is 0 Å². The molecule has 2 amide bonds. The maximum absolute atomic E-state index is 13.5. The number of carbonyl (C=O) groups is 1. The van der Waals surface area contributed by atoms with E-state index in [1.165, 1.54) is 17.7 Å². The van der Waals surface area contributed by atoms with Gasteiger partial charge >= 0.3 is 6.03 Å². The van der Waals surface area contributed by atoms with Crippen molar-refractivity contribution in [2.75, 3.05) is 11.9 Å². The highest BCUT2D eigenvalue weighted by Gasteiger charge is 2.27. The van der Waals surface area contributed by atoms with Crippen molar-refractivity contribution in [3.63, 3.8) is 0 Å². The highest BCUT2D eigenvalue weighted by Crippen LogP contribution is 2.20. The van der Waals surface area contributed by atoms with E-state index in [4.69, 9.17) is 4.84 Å². The van der Waals surface area contributed by atoms with Gasteiger partial charge in [0.2, 0.25) is 0 Å². The smallest absolute Gasteiger partial charge is 0.322 e. The van der Waals surface area contributed by atoms with E-state index in [1.807, 2.05) is 61.5 Å². The molecule has 1 aliphatic heterocycles. The van der Waals surface area contributed by atoms with E-state index in [2.05, 4.69) is 10.5 Å². The van der Waals surface area contributed by atoms with E-state index in [1.54, 1.807) is 17.0 Å². The Morgan fingerprint density at radius 2 is 1.87 bits per heavy atom. The zero-order valence-corrected chi connectivity index (χ0v) is 17.3. The van der Waals surface area contributed by atoms with E-state index in [0.29, 0.717) is 25.2 Å². The molecule has 0 fully saturated rings. The van der Waals surface area contributed by atoms with Gasteiger partial charge in [-0.3, -0.25) is 0 Å². The molecular weight excluding hydrogens is 393 g/mol. The van der Waals surface area contributed by atoms with Gasteiger partial charge in [0.05, 0.1) is 12.3 Å². The number of aryl methyl sites for hydroxylation is 1. The molecule has 158 valence electrons. The Kier molecular flexibility index (Phi) is 6.26. The normalized spacial score (nSPS) is 15.2. The fourth-order valence-electron chi connectivity index (χ4n) is 3.48. The van der Waals surface area contributed by atoms with Crippen LogP contribution in [-0.4, -0.2) is 29.3 Å². The highest BCUT2D eigenvalue weighted by molar-refractivity contribution is 6.01. The number of hydrogen-bond acceptors (Lipinski definition) is 3. The Morgan fingerprint density at radius 3 is 2.61 bits per heavy atom. The summed E-state index contributed by atoms with van der Waals surface area (Å²) in [5.41, 5.74) is 4.48. The third kappa shape index (κ3) is 5.48. The highest BCUT2D eigenvalue weighted by atomic mass is 19.1. The number of urea groups is 1. The van der Waals surface area contributed by atoms with E-state index in [0.717, 1.165) is 16.8 Å². The zero-order valence-electron chi connectivity index (χ0n) is 17.3. The van der Waals surface area contributed by atoms with Gasteiger partial charge in [0, 0.05) is 18.7 Å². The summed E-state index contributed by atoms with van der Waals surface area (Å²) in [5, 5.41) is 7.02. The van der Waals surface area contributed by atoms with Crippen LogP contribution in [0.5, 0.6) is 0 Å². The van der Waals surface area contributed by atoms with Gasteiger partial charge < -0.3 is 15.1 Å². The van der Waals surface area contributed by atoms with Crippen LogP contribution in [0.25, 0.3) is 0 Å². The van der Waals surface area contributed by atoms with Crippen molar-refractivity contribution in [3.8, 4) is 0 Å². The van der Waals surface area contributed by atoms with Gasteiger partial charge in [0.25, 0.3) is 0 Å². The molecule has 0 saturated carbocycles. The van der Waals surface area contributed by atoms with Crippen molar-refractivity contribution in [2.45, 2.75) is 26.0 Å². The van der Waals surface area contributed by atoms with E-state index in [-0.39, 0.29) is 12.1 Å². The number of hydrogen-bond donors (Lipinski definition) is 1. The number of oxime groups is 1. The summed E-state index contributed by atoms with van der Waals surface area (Å²) in [6, 6.07) is 23.4. The summed E-state index contributed by atoms with van der Waals surface area (Å²) in [6.07, 6.45) is 0.361. The molecule has 1 N–H and O–H groups in total. The molecule has 0 aliphatic carbocycles. The van der Waals surface area contributed by atoms with Crippen molar-refractivity contribution in [3.05, 3.63) is 101 Å². The van der Waals surface area contributed by atoms with Crippen LogP contribution >= 0.6 is 0 Å². The van der Waals surface area contributed by atoms with Crippen molar-refractivity contribution in [1.82, 2.24) is 4.90 Å². The Labute approximate surface area is 181 Å². The lowest BCUT2D eigenvalue weighted by Gasteiger charge is -2.25. The summed E-state index contributed by atoms with van der Waals surface area (Å²) in [6.45, 7) is 2.80. The molecule has 1 atom stereocenters. The summed E-state index contributed by atoms with van der Waals surface area (Å²) in [7, 11) is 0. The van der Waals surface area contributed by atoms with Crippen LogP contribution in [0.3, 0.4) is 0 Å².